The largest absolute Gasteiger partial charge is 0.0714 e. The van der Waals surface area contributed by atoms with Crippen LogP contribution in [-0.2, 0) is 0 Å². The van der Waals surface area contributed by atoms with Crippen molar-refractivity contribution in [3.63, 3.8) is 0 Å². The van der Waals surface area contributed by atoms with Gasteiger partial charge in [-0.15, -0.1) is 0 Å². The summed E-state index contributed by atoms with van der Waals surface area (Å²) in [6, 6.07) is 19.7. The molecule has 4 aliphatic rings. The van der Waals surface area contributed by atoms with Crippen LogP contribution in [0.25, 0.3) is 0 Å². The Balaban J connectivity index is 1.25. The summed E-state index contributed by atoms with van der Waals surface area (Å²) in [5.74, 6) is 1.86. The average Bonchev–Trinajstić information content (AvgIpc) is 3.65. The SMILES string of the molecule is C[C@@H]1C(C2C[C@@H](C)P(c3ccccc3P3[C@H](C)CC[C@H]3C)[C@@H]2C)CCP1c1ccccc1P1[C@@H](C)CC[C@@H]1C. The summed E-state index contributed by atoms with van der Waals surface area (Å²) in [4.78, 5) is 0. The lowest BCUT2D eigenvalue weighted by Crippen LogP contribution is -2.31. The second kappa shape index (κ2) is 12.0. The van der Waals surface area contributed by atoms with E-state index in [4.69, 9.17) is 0 Å². The van der Waals surface area contributed by atoms with E-state index in [0.29, 0.717) is 0 Å². The molecule has 11 atom stereocenters. The van der Waals surface area contributed by atoms with Gasteiger partial charge in [-0.2, -0.15) is 0 Å². The van der Waals surface area contributed by atoms with Crippen LogP contribution in [0.4, 0.5) is 0 Å². The number of hydrogen-bond donors (Lipinski definition) is 0. The standard InChI is InChI=1S/C35H52P4/c1-23-16-17-24(2)37(23)33-13-9-8-12-32(33)36-21-20-30(28(36)6)31-22-27(5)39(29(31)7)35-15-11-10-14-34(35)38-25(3)18-19-26(38)4/h8-15,23-31H,16-22H2,1-7H3/t23-,24-,25+,26+,27+,28+,29+,30?,31?,36?,39?/m0/s1. The fraction of sp³-hybridized carbons (Fsp3) is 0.657. The Kier molecular flexibility index (Phi) is 9.03. The molecule has 0 nitrogen and oxygen atoms in total. The third kappa shape index (κ3) is 5.29. The van der Waals surface area contributed by atoms with Gasteiger partial charge in [0.2, 0.25) is 0 Å². The zero-order valence-electron chi connectivity index (χ0n) is 25.6. The molecule has 0 aromatic heterocycles. The number of rotatable bonds is 5. The van der Waals surface area contributed by atoms with Gasteiger partial charge < -0.3 is 0 Å². The molecule has 4 unspecified atom stereocenters. The maximum atomic E-state index is 2.69. The fourth-order valence-electron chi connectivity index (χ4n) is 9.34. The third-order valence-electron chi connectivity index (χ3n) is 11.3. The highest BCUT2D eigenvalue weighted by Crippen LogP contribution is 2.65. The van der Waals surface area contributed by atoms with Crippen LogP contribution >= 0.6 is 31.7 Å². The third-order valence-corrected chi connectivity index (χ3v) is 24.9. The Morgan fingerprint density at radius 1 is 0.462 bits per heavy atom. The summed E-state index contributed by atoms with van der Waals surface area (Å²) in [7, 11) is -0.107. The van der Waals surface area contributed by atoms with Crippen molar-refractivity contribution in [1.29, 1.82) is 0 Å². The van der Waals surface area contributed by atoms with Crippen molar-refractivity contribution in [3.05, 3.63) is 48.5 Å². The van der Waals surface area contributed by atoms with E-state index in [0.717, 1.165) is 51.4 Å². The second-order valence-electron chi connectivity index (χ2n) is 13.6. The van der Waals surface area contributed by atoms with E-state index in [2.05, 4.69) is 97.0 Å². The molecule has 4 heteroatoms. The van der Waals surface area contributed by atoms with E-state index in [-0.39, 0.29) is 31.7 Å². The van der Waals surface area contributed by atoms with Gasteiger partial charge in [-0.3, -0.25) is 0 Å². The molecule has 4 fully saturated rings. The lowest BCUT2D eigenvalue weighted by Gasteiger charge is -2.33. The van der Waals surface area contributed by atoms with Crippen LogP contribution in [0.3, 0.4) is 0 Å². The Hall–Kier alpha value is 0.160. The predicted octanol–water partition coefficient (Wildman–Crippen LogP) is 9.16. The minimum Gasteiger partial charge on any atom is -0.0714 e. The van der Waals surface area contributed by atoms with E-state index in [1.54, 1.807) is 0 Å². The van der Waals surface area contributed by atoms with Crippen molar-refractivity contribution in [2.24, 2.45) is 11.8 Å². The van der Waals surface area contributed by atoms with Crippen LogP contribution in [0, 0.1) is 11.8 Å². The Labute approximate surface area is 245 Å². The monoisotopic (exact) mass is 596 g/mol. The molecule has 0 spiro atoms. The molecule has 0 radical (unpaired) electrons. The van der Waals surface area contributed by atoms with Crippen molar-refractivity contribution in [3.8, 4) is 0 Å². The Bertz CT molecular complexity index is 1130. The molecule has 0 bridgehead atoms. The quantitative estimate of drug-likeness (QED) is 0.302. The van der Waals surface area contributed by atoms with Crippen LogP contribution in [0.2, 0.25) is 0 Å². The van der Waals surface area contributed by atoms with Crippen LogP contribution < -0.4 is 21.2 Å². The topological polar surface area (TPSA) is 0 Å². The van der Waals surface area contributed by atoms with Gasteiger partial charge in [0.1, 0.15) is 0 Å². The zero-order chi connectivity index (χ0) is 27.4. The molecular formula is C35H52P4. The average molecular weight is 597 g/mol. The smallest absolute Gasteiger partial charge is 0.0158 e. The molecular weight excluding hydrogens is 544 g/mol. The predicted molar refractivity (Wildman–Crippen MR) is 185 cm³/mol. The molecule has 0 N–H and O–H groups in total. The molecule has 2 aromatic rings. The lowest BCUT2D eigenvalue weighted by atomic mass is 9.83. The second-order valence-corrected chi connectivity index (χ2v) is 25.4. The summed E-state index contributed by atoms with van der Waals surface area (Å²) >= 11 is 0. The highest BCUT2D eigenvalue weighted by Gasteiger charge is 2.49. The van der Waals surface area contributed by atoms with Gasteiger partial charge in [-0.05, 0) is 117 Å². The molecule has 0 saturated carbocycles. The first-order chi connectivity index (χ1) is 18.8. The van der Waals surface area contributed by atoms with Gasteiger partial charge in [0.25, 0.3) is 0 Å². The van der Waals surface area contributed by atoms with E-state index in [9.17, 15) is 0 Å². The molecule has 0 amide bonds. The molecule has 2 aromatic carbocycles. The van der Waals surface area contributed by atoms with Crippen LogP contribution in [-0.4, -0.2) is 45.8 Å². The molecule has 4 aliphatic heterocycles. The zero-order valence-corrected chi connectivity index (χ0v) is 29.1. The molecule has 0 aliphatic carbocycles. The van der Waals surface area contributed by atoms with Gasteiger partial charge >= 0.3 is 0 Å². The minimum absolute atomic E-state index is 0.00319. The lowest BCUT2D eigenvalue weighted by molar-refractivity contribution is 0.326. The summed E-state index contributed by atoms with van der Waals surface area (Å²) in [5, 5.41) is 7.28. The summed E-state index contributed by atoms with van der Waals surface area (Å²) in [6.07, 6.45) is 10.2. The van der Waals surface area contributed by atoms with E-state index < -0.39 is 0 Å². The van der Waals surface area contributed by atoms with Crippen LogP contribution in [0.1, 0.15) is 87.0 Å². The van der Waals surface area contributed by atoms with E-state index in [1.807, 2.05) is 21.2 Å². The van der Waals surface area contributed by atoms with Crippen molar-refractivity contribution >= 4 is 52.9 Å². The van der Waals surface area contributed by atoms with Gasteiger partial charge in [0.15, 0.2) is 0 Å². The first-order valence-corrected chi connectivity index (χ1v) is 22.1. The fourth-order valence-corrected chi connectivity index (χ4v) is 24.0. The van der Waals surface area contributed by atoms with Crippen molar-refractivity contribution in [2.75, 3.05) is 6.16 Å². The van der Waals surface area contributed by atoms with Gasteiger partial charge in [-0.1, -0.05) is 129 Å². The van der Waals surface area contributed by atoms with Gasteiger partial charge in [0.05, 0.1) is 0 Å². The molecule has 4 heterocycles. The maximum absolute atomic E-state index is 2.69. The van der Waals surface area contributed by atoms with E-state index >= 15 is 0 Å². The van der Waals surface area contributed by atoms with Crippen molar-refractivity contribution < 1.29 is 0 Å². The first kappa shape index (κ1) is 29.2. The molecule has 212 valence electrons. The minimum atomic E-state index is -0.0796. The van der Waals surface area contributed by atoms with E-state index in [1.165, 1.54) is 44.7 Å². The first-order valence-electron chi connectivity index (χ1n) is 16.1. The Morgan fingerprint density at radius 3 is 1.41 bits per heavy atom. The highest BCUT2D eigenvalue weighted by molar-refractivity contribution is 7.74. The molecule has 4 saturated heterocycles. The van der Waals surface area contributed by atoms with Gasteiger partial charge in [-0.25, -0.2) is 0 Å². The van der Waals surface area contributed by atoms with Crippen LogP contribution in [0.15, 0.2) is 48.5 Å². The summed E-state index contributed by atoms with van der Waals surface area (Å²) in [6.45, 7) is 18.2. The van der Waals surface area contributed by atoms with Crippen molar-refractivity contribution in [2.45, 2.75) is 127 Å². The summed E-state index contributed by atoms with van der Waals surface area (Å²) < 4.78 is 0. The molecule has 39 heavy (non-hydrogen) atoms. The maximum Gasteiger partial charge on any atom is -0.0158 e. The van der Waals surface area contributed by atoms with Crippen LogP contribution in [0.5, 0.6) is 0 Å². The normalized spacial score (nSPS) is 41.6. The van der Waals surface area contributed by atoms with Crippen molar-refractivity contribution in [1.82, 2.24) is 0 Å². The summed E-state index contributed by atoms with van der Waals surface area (Å²) in [5.41, 5.74) is 6.25. The number of benzene rings is 2. The Morgan fingerprint density at radius 2 is 0.897 bits per heavy atom. The number of hydrogen-bond acceptors (Lipinski definition) is 0. The van der Waals surface area contributed by atoms with Gasteiger partial charge in [0, 0.05) is 0 Å². The molecule has 6 rings (SSSR count). The highest BCUT2D eigenvalue weighted by atomic mass is 31.1.